The van der Waals surface area contributed by atoms with E-state index in [2.05, 4.69) is 48.0 Å². The van der Waals surface area contributed by atoms with Crippen molar-refractivity contribution in [1.29, 1.82) is 0 Å². The van der Waals surface area contributed by atoms with E-state index in [1.165, 1.54) is 31.4 Å². The third-order valence-electron chi connectivity index (χ3n) is 5.59. The molecule has 0 bridgehead atoms. The van der Waals surface area contributed by atoms with E-state index in [0.717, 1.165) is 38.3 Å². The van der Waals surface area contributed by atoms with Gasteiger partial charge in [-0.3, -0.25) is 9.69 Å². The summed E-state index contributed by atoms with van der Waals surface area (Å²) in [5, 5.41) is 0. The third kappa shape index (κ3) is 4.58. The third-order valence-corrected chi connectivity index (χ3v) is 5.59. The summed E-state index contributed by atoms with van der Waals surface area (Å²) in [5.74, 6) is 0.272. The number of nitrogens with zero attached hydrogens (tertiary/aromatic N) is 3. The molecule has 0 saturated carbocycles. The molecule has 2 heterocycles. The van der Waals surface area contributed by atoms with Crippen molar-refractivity contribution >= 4 is 5.91 Å². The largest absolute Gasteiger partial charge is 0.340 e. The molecular formula is C20H31N3O. The van der Waals surface area contributed by atoms with Crippen molar-refractivity contribution in [3.05, 3.63) is 35.4 Å². The van der Waals surface area contributed by atoms with Gasteiger partial charge in [-0.25, -0.2) is 0 Å². The highest BCUT2D eigenvalue weighted by Crippen LogP contribution is 2.17. The van der Waals surface area contributed by atoms with Gasteiger partial charge in [0.2, 0.25) is 5.91 Å². The zero-order chi connectivity index (χ0) is 16.9. The number of hydrogen-bond acceptors (Lipinski definition) is 3. The number of piperidine rings is 1. The SMILES string of the molecule is Cc1ccc(CC(=O)N2CCN(CC3CCCCN3C)CC2)cc1. The topological polar surface area (TPSA) is 26.8 Å². The van der Waals surface area contributed by atoms with Crippen LogP contribution in [0.15, 0.2) is 24.3 Å². The number of carbonyl (C=O) groups is 1. The molecule has 2 fully saturated rings. The van der Waals surface area contributed by atoms with Crippen molar-refractivity contribution in [1.82, 2.24) is 14.7 Å². The maximum Gasteiger partial charge on any atom is 0.227 e. The summed E-state index contributed by atoms with van der Waals surface area (Å²) in [6.45, 7) is 8.26. The number of carbonyl (C=O) groups excluding carboxylic acids is 1. The molecule has 1 amide bonds. The molecule has 0 aromatic heterocycles. The van der Waals surface area contributed by atoms with Crippen molar-refractivity contribution < 1.29 is 4.79 Å². The maximum atomic E-state index is 12.5. The highest BCUT2D eigenvalue weighted by Gasteiger charge is 2.25. The van der Waals surface area contributed by atoms with Crippen molar-refractivity contribution in [2.45, 2.75) is 38.6 Å². The van der Waals surface area contributed by atoms with Gasteiger partial charge in [0.25, 0.3) is 0 Å². The second-order valence-electron chi connectivity index (χ2n) is 7.47. The number of rotatable bonds is 4. The molecule has 3 rings (SSSR count). The zero-order valence-electron chi connectivity index (χ0n) is 15.2. The molecule has 1 unspecified atom stereocenters. The highest BCUT2D eigenvalue weighted by molar-refractivity contribution is 5.78. The lowest BCUT2D eigenvalue weighted by molar-refractivity contribution is -0.132. The van der Waals surface area contributed by atoms with E-state index in [9.17, 15) is 4.79 Å². The van der Waals surface area contributed by atoms with E-state index in [1.54, 1.807) is 0 Å². The minimum Gasteiger partial charge on any atom is -0.340 e. The van der Waals surface area contributed by atoms with Gasteiger partial charge in [-0.1, -0.05) is 36.2 Å². The van der Waals surface area contributed by atoms with Gasteiger partial charge in [0.15, 0.2) is 0 Å². The Balaban J connectivity index is 1.44. The Bertz CT molecular complexity index is 534. The van der Waals surface area contributed by atoms with Crippen LogP contribution in [0.1, 0.15) is 30.4 Å². The second kappa shape index (κ2) is 8.13. The summed E-state index contributed by atoms with van der Waals surface area (Å²) < 4.78 is 0. The molecule has 1 aromatic carbocycles. The van der Waals surface area contributed by atoms with Crippen LogP contribution in [0, 0.1) is 6.92 Å². The van der Waals surface area contributed by atoms with Crippen LogP contribution in [0.2, 0.25) is 0 Å². The first-order valence-corrected chi connectivity index (χ1v) is 9.38. The van der Waals surface area contributed by atoms with Crippen LogP contribution >= 0.6 is 0 Å². The van der Waals surface area contributed by atoms with E-state index >= 15 is 0 Å². The smallest absolute Gasteiger partial charge is 0.227 e. The Morgan fingerprint density at radius 2 is 1.75 bits per heavy atom. The molecule has 0 aliphatic carbocycles. The van der Waals surface area contributed by atoms with Crippen LogP contribution in [0.4, 0.5) is 0 Å². The molecule has 24 heavy (non-hydrogen) atoms. The minimum absolute atomic E-state index is 0.272. The minimum atomic E-state index is 0.272. The fourth-order valence-electron chi connectivity index (χ4n) is 3.85. The molecule has 2 aliphatic heterocycles. The van der Waals surface area contributed by atoms with Crippen molar-refractivity contribution in [3.8, 4) is 0 Å². The zero-order valence-corrected chi connectivity index (χ0v) is 15.2. The molecule has 0 spiro atoms. The van der Waals surface area contributed by atoms with Crippen molar-refractivity contribution in [2.75, 3.05) is 46.3 Å². The molecule has 2 aliphatic rings. The second-order valence-corrected chi connectivity index (χ2v) is 7.47. The lowest BCUT2D eigenvalue weighted by atomic mass is 10.0. The molecule has 2 saturated heterocycles. The van der Waals surface area contributed by atoms with E-state index in [4.69, 9.17) is 0 Å². The first-order valence-electron chi connectivity index (χ1n) is 9.38. The normalized spacial score (nSPS) is 23.4. The maximum absolute atomic E-state index is 12.5. The van der Waals surface area contributed by atoms with Gasteiger partial charge < -0.3 is 9.80 Å². The Hall–Kier alpha value is -1.39. The Labute approximate surface area is 146 Å². The first kappa shape index (κ1) is 17.4. The summed E-state index contributed by atoms with van der Waals surface area (Å²) in [6, 6.07) is 9.02. The monoisotopic (exact) mass is 329 g/mol. The number of likely N-dealkylation sites (N-methyl/N-ethyl adjacent to an activating group) is 1. The average molecular weight is 329 g/mol. The summed E-state index contributed by atoms with van der Waals surface area (Å²) >= 11 is 0. The van der Waals surface area contributed by atoms with Crippen LogP contribution in [-0.2, 0) is 11.2 Å². The van der Waals surface area contributed by atoms with Crippen LogP contribution in [0.5, 0.6) is 0 Å². The molecule has 132 valence electrons. The standard InChI is InChI=1S/C20H31N3O/c1-17-6-8-18(9-7-17)15-20(24)23-13-11-22(12-14-23)16-19-5-3-4-10-21(19)2/h6-9,19H,3-5,10-16H2,1-2H3. The Kier molecular flexibility index (Phi) is 5.90. The van der Waals surface area contributed by atoms with Gasteiger partial charge in [-0.15, -0.1) is 0 Å². The highest BCUT2D eigenvalue weighted by atomic mass is 16.2. The van der Waals surface area contributed by atoms with Crippen LogP contribution in [-0.4, -0.2) is 73.0 Å². The van der Waals surface area contributed by atoms with Crippen LogP contribution in [0.25, 0.3) is 0 Å². The number of piperazine rings is 1. The Morgan fingerprint density at radius 1 is 1.04 bits per heavy atom. The average Bonchev–Trinajstić information content (AvgIpc) is 2.59. The molecule has 0 radical (unpaired) electrons. The summed E-state index contributed by atoms with van der Waals surface area (Å²) in [5.41, 5.74) is 2.37. The fraction of sp³-hybridized carbons (Fsp3) is 0.650. The van der Waals surface area contributed by atoms with E-state index in [0.29, 0.717) is 12.5 Å². The number of likely N-dealkylation sites (tertiary alicyclic amines) is 1. The molecular weight excluding hydrogens is 298 g/mol. The van der Waals surface area contributed by atoms with Gasteiger partial charge in [0.1, 0.15) is 0 Å². The number of benzene rings is 1. The predicted molar refractivity (Wildman–Crippen MR) is 98.2 cm³/mol. The molecule has 4 heteroatoms. The number of hydrogen-bond donors (Lipinski definition) is 0. The van der Waals surface area contributed by atoms with E-state index in [1.807, 2.05) is 4.90 Å². The number of aryl methyl sites for hydroxylation is 1. The van der Waals surface area contributed by atoms with Gasteiger partial charge in [-0.05, 0) is 38.9 Å². The van der Waals surface area contributed by atoms with Gasteiger partial charge in [0.05, 0.1) is 6.42 Å². The fourth-order valence-corrected chi connectivity index (χ4v) is 3.85. The quantitative estimate of drug-likeness (QED) is 0.847. The van der Waals surface area contributed by atoms with Crippen LogP contribution in [0.3, 0.4) is 0 Å². The van der Waals surface area contributed by atoms with Gasteiger partial charge in [-0.2, -0.15) is 0 Å². The lowest BCUT2D eigenvalue weighted by Gasteiger charge is -2.40. The molecule has 1 aromatic rings. The summed E-state index contributed by atoms with van der Waals surface area (Å²) in [6.07, 6.45) is 4.56. The Morgan fingerprint density at radius 3 is 2.42 bits per heavy atom. The molecule has 4 nitrogen and oxygen atoms in total. The van der Waals surface area contributed by atoms with Crippen LogP contribution < -0.4 is 0 Å². The lowest BCUT2D eigenvalue weighted by Crippen LogP contribution is -2.53. The van der Waals surface area contributed by atoms with Crippen molar-refractivity contribution in [2.24, 2.45) is 0 Å². The van der Waals surface area contributed by atoms with E-state index in [-0.39, 0.29) is 5.91 Å². The summed E-state index contributed by atoms with van der Waals surface area (Å²) in [7, 11) is 2.26. The molecule has 1 atom stereocenters. The molecule has 0 N–H and O–H groups in total. The van der Waals surface area contributed by atoms with Crippen molar-refractivity contribution in [3.63, 3.8) is 0 Å². The van der Waals surface area contributed by atoms with Gasteiger partial charge in [0, 0.05) is 38.8 Å². The first-order chi connectivity index (χ1) is 11.6. The number of amides is 1. The van der Waals surface area contributed by atoms with E-state index < -0.39 is 0 Å². The predicted octanol–water partition coefficient (Wildman–Crippen LogP) is 2.17. The van der Waals surface area contributed by atoms with Gasteiger partial charge >= 0.3 is 0 Å². The summed E-state index contributed by atoms with van der Waals surface area (Å²) in [4.78, 5) is 19.6.